The standard InChI is InChI=1S/C19H25N3O/c1-6-22(13(2)3)17-10-8-16(9-11-17)21-19(23)18-12-7-14(4)20-15(18)5/h7-13H,6H2,1-5H3,(H,21,23). The molecule has 1 N–H and O–H groups in total. The highest BCUT2D eigenvalue weighted by Gasteiger charge is 2.11. The number of benzene rings is 1. The molecule has 0 saturated carbocycles. The summed E-state index contributed by atoms with van der Waals surface area (Å²) in [5.41, 5.74) is 4.22. The number of carbonyl (C=O) groups is 1. The molecule has 0 aliphatic rings. The monoisotopic (exact) mass is 311 g/mol. The van der Waals surface area contributed by atoms with Crippen molar-refractivity contribution >= 4 is 17.3 Å². The van der Waals surface area contributed by atoms with Gasteiger partial charge in [-0.25, -0.2) is 0 Å². The van der Waals surface area contributed by atoms with Gasteiger partial charge in [-0.3, -0.25) is 9.78 Å². The lowest BCUT2D eigenvalue weighted by Crippen LogP contribution is -2.30. The predicted octanol–water partition coefficient (Wildman–Crippen LogP) is 4.19. The molecule has 2 aromatic rings. The number of nitrogens with zero attached hydrogens (tertiary/aromatic N) is 2. The van der Waals surface area contributed by atoms with E-state index in [-0.39, 0.29) is 5.91 Å². The van der Waals surface area contributed by atoms with Crippen LogP contribution in [-0.4, -0.2) is 23.5 Å². The second-order valence-corrected chi connectivity index (χ2v) is 5.97. The smallest absolute Gasteiger partial charge is 0.257 e. The molecule has 0 unspecified atom stereocenters. The molecular formula is C19H25N3O. The van der Waals surface area contributed by atoms with Crippen molar-refractivity contribution in [2.45, 2.75) is 40.7 Å². The predicted molar refractivity (Wildman–Crippen MR) is 96.3 cm³/mol. The van der Waals surface area contributed by atoms with Crippen molar-refractivity contribution in [1.29, 1.82) is 0 Å². The molecule has 0 spiro atoms. The number of pyridine rings is 1. The third kappa shape index (κ3) is 4.09. The summed E-state index contributed by atoms with van der Waals surface area (Å²) in [6.07, 6.45) is 0. The van der Waals surface area contributed by atoms with Gasteiger partial charge in [0, 0.05) is 29.7 Å². The number of amides is 1. The Kier molecular flexibility index (Phi) is 5.37. The highest BCUT2D eigenvalue weighted by molar-refractivity contribution is 6.05. The van der Waals surface area contributed by atoms with E-state index < -0.39 is 0 Å². The zero-order valence-electron chi connectivity index (χ0n) is 14.6. The summed E-state index contributed by atoms with van der Waals surface area (Å²) in [5.74, 6) is -0.126. The molecule has 2 rings (SSSR count). The van der Waals surface area contributed by atoms with Crippen LogP contribution >= 0.6 is 0 Å². The summed E-state index contributed by atoms with van der Waals surface area (Å²) in [7, 11) is 0. The van der Waals surface area contributed by atoms with Gasteiger partial charge in [-0.15, -0.1) is 0 Å². The SMILES string of the molecule is CCN(c1ccc(NC(=O)c2ccc(C)nc2C)cc1)C(C)C. The van der Waals surface area contributed by atoms with Crippen LogP contribution in [0.3, 0.4) is 0 Å². The Bertz CT molecular complexity index is 678. The van der Waals surface area contributed by atoms with Crippen LogP contribution in [-0.2, 0) is 0 Å². The first kappa shape index (κ1) is 17.0. The van der Waals surface area contributed by atoms with E-state index in [1.54, 1.807) is 0 Å². The zero-order valence-corrected chi connectivity index (χ0v) is 14.6. The molecule has 0 bridgehead atoms. The highest BCUT2D eigenvalue weighted by atomic mass is 16.1. The number of rotatable bonds is 5. The number of anilines is 2. The summed E-state index contributed by atoms with van der Waals surface area (Å²) >= 11 is 0. The molecule has 0 atom stereocenters. The first-order valence-corrected chi connectivity index (χ1v) is 8.04. The van der Waals surface area contributed by atoms with Gasteiger partial charge in [-0.1, -0.05) is 0 Å². The Balaban J connectivity index is 2.13. The molecule has 122 valence electrons. The van der Waals surface area contributed by atoms with Gasteiger partial charge in [0.25, 0.3) is 5.91 Å². The minimum atomic E-state index is -0.126. The van der Waals surface area contributed by atoms with Gasteiger partial charge in [0.05, 0.1) is 11.3 Å². The van der Waals surface area contributed by atoms with Gasteiger partial charge in [0.2, 0.25) is 0 Å². The van der Waals surface area contributed by atoms with Crippen molar-refractivity contribution in [2.75, 3.05) is 16.8 Å². The molecular weight excluding hydrogens is 286 g/mol. The van der Waals surface area contributed by atoms with E-state index in [0.717, 1.165) is 29.3 Å². The maximum atomic E-state index is 12.4. The number of aryl methyl sites for hydroxylation is 2. The average molecular weight is 311 g/mol. The van der Waals surface area contributed by atoms with Crippen LogP contribution in [0, 0.1) is 13.8 Å². The van der Waals surface area contributed by atoms with Gasteiger partial charge in [0.1, 0.15) is 0 Å². The maximum absolute atomic E-state index is 12.4. The van der Waals surface area contributed by atoms with Gasteiger partial charge >= 0.3 is 0 Å². The topological polar surface area (TPSA) is 45.2 Å². The van der Waals surface area contributed by atoms with Crippen LogP contribution in [0.4, 0.5) is 11.4 Å². The van der Waals surface area contributed by atoms with Crippen molar-refractivity contribution in [1.82, 2.24) is 4.98 Å². The van der Waals surface area contributed by atoms with E-state index in [0.29, 0.717) is 11.6 Å². The van der Waals surface area contributed by atoms with E-state index in [4.69, 9.17) is 0 Å². The van der Waals surface area contributed by atoms with Crippen LogP contribution < -0.4 is 10.2 Å². The third-order valence-corrected chi connectivity index (χ3v) is 3.89. The van der Waals surface area contributed by atoms with Crippen LogP contribution in [0.5, 0.6) is 0 Å². The Morgan fingerprint density at radius 2 is 1.78 bits per heavy atom. The normalized spacial score (nSPS) is 10.7. The Morgan fingerprint density at radius 1 is 1.13 bits per heavy atom. The summed E-state index contributed by atoms with van der Waals surface area (Å²) in [4.78, 5) is 19.0. The molecule has 0 radical (unpaired) electrons. The third-order valence-electron chi connectivity index (χ3n) is 3.89. The van der Waals surface area contributed by atoms with E-state index in [2.05, 4.69) is 36.0 Å². The molecule has 1 heterocycles. The van der Waals surface area contributed by atoms with Crippen LogP contribution in [0.2, 0.25) is 0 Å². The largest absolute Gasteiger partial charge is 0.369 e. The summed E-state index contributed by atoms with van der Waals surface area (Å²) < 4.78 is 0. The molecule has 0 aliphatic carbocycles. The lowest BCUT2D eigenvalue weighted by atomic mass is 10.1. The number of nitrogens with one attached hydrogen (secondary N) is 1. The fraction of sp³-hybridized carbons (Fsp3) is 0.368. The fourth-order valence-electron chi connectivity index (χ4n) is 2.71. The Morgan fingerprint density at radius 3 is 2.30 bits per heavy atom. The lowest BCUT2D eigenvalue weighted by Gasteiger charge is -2.27. The molecule has 0 saturated heterocycles. The zero-order chi connectivity index (χ0) is 17.0. The lowest BCUT2D eigenvalue weighted by molar-refractivity contribution is 0.102. The van der Waals surface area contributed by atoms with Crippen molar-refractivity contribution in [2.24, 2.45) is 0 Å². The fourth-order valence-corrected chi connectivity index (χ4v) is 2.71. The minimum absolute atomic E-state index is 0.126. The number of hydrogen-bond acceptors (Lipinski definition) is 3. The van der Waals surface area contributed by atoms with E-state index in [1.165, 1.54) is 0 Å². The van der Waals surface area contributed by atoms with Crippen molar-refractivity contribution in [3.05, 3.63) is 53.3 Å². The first-order chi connectivity index (χ1) is 10.9. The molecule has 23 heavy (non-hydrogen) atoms. The number of aromatic nitrogens is 1. The van der Waals surface area contributed by atoms with Crippen LogP contribution in [0.1, 0.15) is 42.5 Å². The highest BCUT2D eigenvalue weighted by Crippen LogP contribution is 2.20. The number of hydrogen-bond donors (Lipinski definition) is 1. The summed E-state index contributed by atoms with van der Waals surface area (Å²) in [6.45, 7) is 11.2. The van der Waals surface area contributed by atoms with Crippen LogP contribution in [0.25, 0.3) is 0 Å². The maximum Gasteiger partial charge on any atom is 0.257 e. The Hall–Kier alpha value is -2.36. The molecule has 0 fully saturated rings. The van der Waals surface area contributed by atoms with Crippen molar-refractivity contribution < 1.29 is 4.79 Å². The average Bonchev–Trinajstić information content (AvgIpc) is 2.49. The quantitative estimate of drug-likeness (QED) is 0.900. The molecule has 1 amide bonds. The van der Waals surface area contributed by atoms with Gasteiger partial charge in [0.15, 0.2) is 0 Å². The first-order valence-electron chi connectivity index (χ1n) is 8.04. The molecule has 4 nitrogen and oxygen atoms in total. The van der Waals surface area contributed by atoms with E-state index in [1.807, 2.05) is 50.2 Å². The van der Waals surface area contributed by atoms with Crippen LogP contribution in [0.15, 0.2) is 36.4 Å². The molecule has 1 aromatic heterocycles. The summed E-state index contributed by atoms with van der Waals surface area (Å²) in [6, 6.07) is 12.1. The van der Waals surface area contributed by atoms with Crippen molar-refractivity contribution in [3.63, 3.8) is 0 Å². The number of carbonyl (C=O) groups excluding carboxylic acids is 1. The molecule has 1 aromatic carbocycles. The molecule has 0 aliphatic heterocycles. The minimum Gasteiger partial charge on any atom is -0.369 e. The molecule has 4 heteroatoms. The van der Waals surface area contributed by atoms with Gasteiger partial charge in [-0.2, -0.15) is 0 Å². The van der Waals surface area contributed by atoms with Gasteiger partial charge < -0.3 is 10.2 Å². The van der Waals surface area contributed by atoms with Crippen molar-refractivity contribution in [3.8, 4) is 0 Å². The van der Waals surface area contributed by atoms with E-state index >= 15 is 0 Å². The van der Waals surface area contributed by atoms with E-state index in [9.17, 15) is 4.79 Å². The second kappa shape index (κ2) is 7.27. The summed E-state index contributed by atoms with van der Waals surface area (Å²) in [5, 5.41) is 2.93. The second-order valence-electron chi connectivity index (χ2n) is 5.97. The Labute approximate surface area is 138 Å². The van der Waals surface area contributed by atoms with Gasteiger partial charge in [-0.05, 0) is 71.0 Å².